The lowest BCUT2D eigenvalue weighted by molar-refractivity contribution is 0.464. The van der Waals surface area contributed by atoms with Crippen LogP contribution in [0, 0.1) is 6.92 Å². The Morgan fingerprint density at radius 2 is 2.06 bits per heavy atom. The lowest BCUT2D eigenvalue weighted by atomic mass is 10.2. The Morgan fingerprint density at radius 3 is 2.78 bits per heavy atom. The number of hydrogen-bond donors (Lipinski definition) is 2. The smallest absolute Gasteiger partial charge is 0.120 e. The molecule has 4 heteroatoms. The number of aromatic nitrogens is 1. The third-order valence-corrected chi connectivity index (χ3v) is 3.15. The molecular weight excluding hydrogens is 292 g/mol. The van der Waals surface area contributed by atoms with Crippen molar-refractivity contribution in [1.82, 2.24) is 10.3 Å². The van der Waals surface area contributed by atoms with E-state index in [1.165, 1.54) is 0 Å². The standard InChI is InChI=1S/C14H15BrN2O/c1-10-2-3-11(8-17-10)7-16-9-12-6-13(15)4-5-14(12)18/h2-6,8,16,18H,7,9H2,1H3. The fraction of sp³-hybridized carbons (Fsp3) is 0.214. The highest BCUT2D eigenvalue weighted by Crippen LogP contribution is 2.21. The molecule has 94 valence electrons. The maximum absolute atomic E-state index is 9.70. The number of hydrogen-bond acceptors (Lipinski definition) is 3. The Bertz CT molecular complexity index is 526. The summed E-state index contributed by atoms with van der Waals surface area (Å²) in [5.74, 6) is 0.313. The molecule has 2 rings (SSSR count). The van der Waals surface area contributed by atoms with Crippen LogP contribution in [0.15, 0.2) is 41.0 Å². The van der Waals surface area contributed by atoms with E-state index in [-0.39, 0.29) is 0 Å². The van der Waals surface area contributed by atoms with Crippen LogP contribution in [-0.2, 0) is 13.1 Å². The second-order valence-corrected chi connectivity index (χ2v) is 5.10. The molecule has 2 aromatic rings. The van der Waals surface area contributed by atoms with E-state index in [0.29, 0.717) is 12.3 Å². The van der Waals surface area contributed by atoms with E-state index in [2.05, 4.69) is 32.3 Å². The van der Waals surface area contributed by atoms with Crippen molar-refractivity contribution in [3.8, 4) is 5.75 Å². The molecule has 0 aliphatic rings. The number of phenolic OH excluding ortho intramolecular Hbond substituents is 1. The molecule has 0 amide bonds. The lowest BCUT2D eigenvalue weighted by Crippen LogP contribution is -2.13. The number of pyridine rings is 1. The van der Waals surface area contributed by atoms with Gasteiger partial charge in [0.25, 0.3) is 0 Å². The first kappa shape index (κ1) is 13.1. The van der Waals surface area contributed by atoms with Gasteiger partial charge in [-0.1, -0.05) is 22.0 Å². The van der Waals surface area contributed by atoms with Crippen LogP contribution in [0.1, 0.15) is 16.8 Å². The second kappa shape index (κ2) is 5.98. The molecule has 0 aliphatic heterocycles. The first-order valence-corrected chi connectivity index (χ1v) is 6.54. The molecule has 2 N–H and O–H groups in total. The molecule has 3 nitrogen and oxygen atoms in total. The van der Waals surface area contributed by atoms with Crippen molar-refractivity contribution < 1.29 is 5.11 Å². The van der Waals surface area contributed by atoms with E-state index in [9.17, 15) is 5.11 Å². The van der Waals surface area contributed by atoms with Crippen LogP contribution in [0.5, 0.6) is 5.75 Å². The Hall–Kier alpha value is -1.39. The van der Waals surface area contributed by atoms with Crippen LogP contribution in [0.4, 0.5) is 0 Å². The second-order valence-electron chi connectivity index (χ2n) is 4.18. The summed E-state index contributed by atoms with van der Waals surface area (Å²) in [6, 6.07) is 9.47. The van der Waals surface area contributed by atoms with Gasteiger partial charge < -0.3 is 10.4 Å². The van der Waals surface area contributed by atoms with Gasteiger partial charge in [-0.15, -0.1) is 0 Å². The molecule has 0 unspecified atom stereocenters. The number of nitrogens with zero attached hydrogens (tertiary/aromatic N) is 1. The zero-order chi connectivity index (χ0) is 13.0. The number of phenols is 1. The molecule has 0 saturated carbocycles. The molecule has 0 fully saturated rings. The summed E-state index contributed by atoms with van der Waals surface area (Å²) < 4.78 is 0.967. The number of halogens is 1. The van der Waals surface area contributed by atoms with Crippen LogP contribution < -0.4 is 5.32 Å². The van der Waals surface area contributed by atoms with E-state index >= 15 is 0 Å². The molecular formula is C14H15BrN2O. The van der Waals surface area contributed by atoms with Gasteiger partial charge in [0, 0.05) is 35.0 Å². The maximum atomic E-state index is 9.70. The minimum absolute atomic E-state index is 0.313. The van der Waals surface area contributed by atoms with E-state index in [1.807, 2.05) is 31.3 Å². The average Bonchev–Trinajstić information content (AvgIpc) is 2.36. The normalized spacial score (nSPS) is 10.6. The molecule has 18 heavy (non-hydrogen) atoms. The minimum atomic E-state index is 0.313. The van der Waals surface area contributed by atoms with Crippen LogP contribution in [0.25, 0.3) is 0 Å². The summed E-state index contributed by atoms with van der Waals surface area (Å²) in [5.41, 5.74) is 3.03. The summed E-state index contributed by atoms with van der Waals surface area (Å²) in [6.07, 6.45) is 1.86. The molecule has 0 atom stereocenters. The molecule has 0 bridgehead atoms. The molecule has 0 saturated heterocycles. The maximum Gasteiger partial charge on any atom is 0.120 e. The Balaban J connectivity index is 1.92. The van der Waals surface area contributed by atoms with Gasteiger partial charge >= 0.3 is 0 Å². The predicted octanol–water partition coefficient (Wildman–Crippen LogP) is 3.15. The summed E-state index contributed by atoms with van der Waals surface area (Å²) in [4.78, 5) is 4.24. The van der Waals surface area contributed by atoms with Crippen LogP contribution in [-0.4, -0.2) is 10.1 Å². The van der Waals surface area contributed by atoms with Gasteiger partial charge in [0.1, 0.15) is 5.75 Å². The largest absolute Gasteiger partial charge is 0.508 e. The summed E-state index contributed by atoms with van der Waals surface area (Å²) in [7, 11) is 0. The fourth-order valence-electron chi connectivity index (χ4n) is 1.64. The van der Waals surface area contributed by atoms with Gasteiger partial charge in [-0.2, -0.15) is 0 Å². The molecule has 0 radical (unpaired) electrons. The average molecular weight is 307 g/mol. The van der Waals surface area contributed by atoms with Crippen LogP contribution in [0.2, 0.25) is 0 Å². The molecule has 1 aromatic carbocycles. The highest BCUT2D eigenvalue weighted by molar-refractivity contribution is 9.10. The van der Waals surface area contributed by atoms with E-state index < -0.39 is 0 Å². The van der Waals surface area contributed by atoms with Crippen molar-refractivity contribution in [2.45, 2.75) is 20.0 Å². The van der Waals surface area contributed by atoms with E-state index in [4.69, 9.17) is 0 Å². The van der Waals surface area contributed by atoms with Gasteiger partial charge in [0.15, 0.2) is 0 Å². The monoisotopic (exact) mass is 306 g/mol. The summed E-state index contributed by atoms with van der Waals surface area (Å²) in [6.45, 7) is 3.33. The predicted molar refractivity (Wildman–Crippen MR) is 75.3 cm³/mol. The molecule has 0 spiro atoms. The van der Waals surface area contributed by atoms with Crippen molar-refractivity contribution >= 4 is 15.9 Å². The van der Waals surface area contributed by atoms with Gasteiger partial charge in [-0.25, -0.2) is 0 Å². The summed E-state index contributed by atoms with van der Waals surface area (Å²) in [5, 5.41) is 13.0. The number of nitrogens with one attached hydrogen (secondary N) is 1. The number of aromatic hydroxyl groups is 1. The van der Waals surface area contributed by atoms with Crippen molar-refractivity contribution in [3.63, 3.8) is 0 Å². The summed E-state index contributed by atoms with van der Waals surface area (Å²) >= 11 is 3.39. The Kier molecular flexibility index (Phi) is 4.33. The molecule has 1 heterocycles. The van der Waals surface area contributed by atoms with Crippen molar-refractivity contribution in [2.24, 2.45) is 0 Å². The zero-order valence-corrected chi connectivity index (χ0v) is 11.7. The highest BCUT2D eigenvalue weighted by atomic mass is 79.9. The third kappa shape index (κ3) is 3.55. The SMILES string of the molecule is Cc1ccc(CNCc2cc(Br)ccc2O)cn1. The van der Waals surface area contributed by atoms with Crippen LogP contribution in [0.3, 0.4) is 0 Å². The van der Waals surface area contributed by atoms with Gasteiger partial charge in [-0.05, 0) is 36.8 Å². The zero-order valence-electron chi connectivity index (χ0n) is 10.2. The van der Waals surface area contributed by atoms with Gasteiger partial charge in [0.05, 0.1) is 0 Å². The Labute approximate surface area is 115 Å². The Morgan fingerprint density at radius 1 is 1.22 bits per heavy atom. The number of rotatable bonds is 4. The lowest BCUT2D eigenvalue weighted by Gasteiger charge is -2.07. The number of benzene rings is 1. The first-order chi connectivity index (χ1) is 8.65. The van der Waals surface area contributed by atoms with Crippen molar-refractivity contribution in [1.29, 1.82) is 0 Å². The highest BCUT2D eigenvalue weighted by Gasteiger charge is 2.01. The third-order valence-electron chi connectivity index (χ3n) is 2.66. The van der Waals surface area contributed by atoms with Crippen LogP contribution >= 0.6 is 15.9 Å². The number of aryl methyl sites for hydroxylation is 1. The van der Waals surface area contributed by atoms with E-state index in [1.54, 1.807) is 6.07 Å². The topological polar surface area (TPSA) is 45.1 Å². The molecule has 0 aliphatic carbocycles. The van der Waals surface area contributed by atoms with Crippen molar-refractivity contribution in [2.75, 3.05) is 0 Å². The quantitative estimate of drug-likeness (QED) is 0.912. The van der Waals surface area contributed by atoms with Gasteiger partial charge in [0.2, 0.25) is 0 Å². The minimum Gasteiger partial charge on any atom is -0.508 e. The first-order valence-electron chi connectivity index (χ1n) is 5.75. The fourth-order valence-corrected chi connectivity index (χ4v) is 2.05. The van der Waals surface area contributed by atoms with Gasteiger partial charge in [-0.3, -0.25) is 4.98 Å². The van der Waals surface area contributed by atoms with Crippen molar-refractivity contribution in [3.05, 3.63) is 57.8 Å². The molecule has 1 aromatic heterocycles. The van der Waals surface area contributed by atoms with E-state index in [0.717, 1.165) is 27.8 Å².